The Labute approximate surface area is 168 Å². The molecule has 1 aromatic heterocycles. The van der Waals surface area contributed by atoms with Gasteiger partial charge in [0.25, 0.3) is 5.91 Å². The van der Waals surface area contributed by atoms with E-state index in [1.807, 2.05) is 29.2 Å². The zero-order chi connectivity index (χ0) is 19.1. The number of rotatable bonds is 6. The molecule has 0 saturated carbocycles. The van der Waals surface area contributed by atoms with Gasteiger partial charge < -0.3 is 10.2 Å². The van der Waals surface area contributed by atoms with Gasteiger partial charge in [0.05, 0.1) is 5.56 Å². The minimum atomic E-state index is 0.0408. The fourth-order valence-corrected chi connectivity index (χ4v) is 3.79. The molecule has 1 aliphatic heterocycles. The van der Waals surface area contributed by atoms with Crippen LogP contribution < -0.4 is 5.32 Å². The van der Waals surface area contributed by atoms with Gasteiger partial charge in [0.15, 0.2) is 0 Å². The lowest BCUT2D eigenvalue weighted by molar-refractivity contribution is -0.121. The minimum Gasteiger partial charge on any atom is -0.356 e. The van der Waals surface area contributed by atoms with E-state index in [9.17, 15) is 9.59 Å². The van der Waals surface area contributed by atoms with Crippen LogP contribution >= 0.6 is 15.9 Å². The average Bonchev–Trinajstić information content (AvgIpc) is 2.72. The summed E-state index contributed by atoms with van der Waals surface area (Å²) in [6.07, 6.45) is 6.32. The second kappa shape index (κ2) is 9.65. The second-order valence-corrected chi connectivity index (χ2v) is 7.73. The highest BCUT2D eigenvalue weighted by atomic mass is 79.9. The van der Waals surface area contributed by atoms with Crippen LogP contribution in [0.15, 0.2) is 53.3 Å². The molecule has 0 radical (unpaired) electrons. The minimum absolute atomic E-state index is 0.0408. The number of carbonyl (C=O) groups is 2. The molecular formula is C21H24BrN3O2. The van der Waals surface area contributed by atoms with Crippen LogP contribution in [0.2, 0.25) is 0 Å². The average molecular weight is 430 g/mol. The third kappa shape index (κ3) is 5.63. The number of carbonyl (C=O) groups excluding carboxylic acids is 2. The number of halogens is 1. The summed E-state index contributed by atoms with van der Waals surface area (Å²) in [4.78, 5) is 30.5. The smallest absolute Gasteiger partial charge is 0.255 e. The number of pyridine rings is 1. The van der Waals surface area contributed by atoms with Gasteiger partial charge >= 0.3 is 0 Å². The number of benzene rings is 1. The van der Waals surface area contributed by atoms with Crippen molar-refractivity contribution >= 4 is 27.7 Å². The van der Waals surface area contributed by atoms with Crippen LogP contribution in [0.25, 0.3) is 0 Å². The summed E-state index contributed by atoms with van der Waals surface area (Å²) in [5.41, 5.74) is 1.78. The van der Waals surface area contributed by atoms with Crippen molar-refractivity contribution in [1.29, 1.82) is 0 Å². The SMILES string of the molecule is O=C(CCc1ccccc1Br)NCC1CCN(C(=O)c2cccnc2)CC1. The Bertz CT molecular complexity index is 774. The van der Waals surface area contributed by atoms with Gasteiger partial charge in [-0.15, -0.1) is 0 Å². The summed E-state index contributed by atoms with van der Waals surface area (Å²) in [5, 5.41) is 3.05. The van der Waals surface area contributed by atoms with Gasteiger partial charge in [-0.05, 0) is 48.9 Å². The Morgan fingerprint density at radius 3 is 2.63 bits per heavy atom. The number of nitrogens with zero attached hydrogens (tertiary/aromatic N) is 2. The Hall–Kier alpha value is -2.21. The summed E-state index contributed by atoms with van der Waals surface area (Å²) >= 11 is 3.51. The van der Waals surface area contributed by atoms with Crippen molar-refractivity contribution in [2.75, 3.05) is 19.6 Å². The fourth-order valence-electron chi connectivity index (χ4n) is 3.31. The molecule has 0 atom stereocenters. The summed E-state index contributed by atoms with van der Waals surface area (Å²) in [5.74, 6) is 0.550. The quantitative estimate of drug-likeness (QED) is 0.764. The lowest BCUT2D eigenvalue weighted by Crippen LogP contribution is -2.41. The van der Waals surface area contributed by atoms with Gasteiger partial charge in [0.2, 0.25) is 5.91 Å². The Morgan fingerprint density at radius 1 is 1.15 bits per heavy atom. The maximum absolute atomic E-state index is 12.4. The lowest BCUT2D eigenvalue weighted by Gasteiger charge is -2.32. The van der Waals surface area contributed by atoms with E-state index in [2.05, 4.69) is 26.2 Å². The molecule has 1 aromatic carbocycles. The van der Waals surface area contributed by atoms with Crippen molar-refractivity contribution in [3.63, 3.8) is 0 Å². The number of likely N-dealkylation sites (tertiary alicyclic amines) is 1. The zero-order valence-electron chi connectivity index (χ0n) is 15.2. The molecule has 5 nitrogen and oxygen atoms in total. The molecule has 1 saturated heterocycles. The van der Waals surface area contributed by atoms with Crippen molar-refractivity contribution < 1.29 is 9.59 Å². The maximum Gasteiger partial charge on any atom is 0.255 e. The third-order valence-electron chi connectivity index (χ3n) is 4.98. The topological polar surface area (TPSA) is 62.3 Å². The van der Waals surface area contributed by atoms with Gasteiger partial charge in [-0.3, -0.25) is 14.6 Å². The van der Waals surface area contributed by atoms with Crippen LogP contribution in [0, 0.1) is 5.92 Å². The van der Waals surface area contributed by atoms with Crippen molar-refractivity contribution in [3.05, 3.63) is 64.4 Å². The highest BCUT2D eigenvalue weighted by molar-refractivity contribution is 9.10. The van der Waals surface area contributed by atoms with Crippen LogP contribution in [0.4, 0.5) is 0 Å². The second-order valence-electron chi connectivity index (χ2n) is 6.87. The molecule has 2 amide bonds. The molecule has 1 fully saturated rings. The van der Waals surface area contributed by atoms with E-state index in [1.54, 1.807) is 24.5 Å². The van der Waals surface area contributed by atoms with E-state index in [0.29, 0.717) is 24.4 Å². The zero-order valence-corrected chi connectivity index (χ0v) is 16.8. The predicted molar refractivity (Wildman–Crippen MR) is 108 cm³/mol. The van der Waals surface area contributed by atoms with Crippen molar-refractivity contribution in [1.82, 2.24) is 15.2 Å². The van der Waals surface area contributed by atoms with Crippen molar-refractivity contribution in [3.8, 4) is 0 Å². The molecule has 0 spiro atoms. The van der Waals surface area contributed by atoms with Gasteiger partial charge in [-0.1, -0.05) is 34.1 Å². The van der Waals surface area contributed by atoms with Gasteiger partial charge in [0, 0.05) is 42.9 Å². The number of aromatic nitrogens is 1. The first-order valence-corrected chi connectivity index (χ1v) is 10.1. The number of nitrogens with one attached hydrogen (secondary N) is 1. The van der Waals surface area contributed by atoms with Gasteiger partial charge in [-0.25, -0.2) is 0 Å². The summed E-state index contributed by atoms with van der Waals surface area (Å²) in [6, 6.07) is 11.6. The first-order chi connectivity index (χ1) is 13.1. The maximum atomic E-state index is 12.4. The number of hydrogen-bond acceptors (Lipinski definition) is 3. The van der Waals surface area contributed by atoms with E-state index in [0.717, 1.165) is 42.4 Å². The normalized spacial score (nSPS) is 14.8. The summed E-state index contributed by atoms with van der Waals surface area (Å²) < 4.78 is 1.04. The number of amides is 2. The van der Waals surface area contributed by atoms with Crippen molar-refractivity contribution in [2.24, 2.45) is 5.92 Å². The van der Waals surface area contributed by atoms with Gasteiger partial charge in [-0.2, -0.15) is 0 Å². The van der Waals surface area contributed by atoms with E-state index in [4.69, 9.17) is 0 Å². The number of piperidine rings is 1. The molecule has 0 unspecified atom stereocenters. The van der Waals surface area contributed by atoms with Crippen molar-refractivity contribution in [2.45, 2.75) is 25.7 Å². The molecule has 142 valence electrons. The molecule has 6 heteroatoms. The van der Waals surface area contributed by atoms with Crippen LogP contribution in [0.5, 0.6) is 0 Å². The largest absolute Gasteiger partial charge is 0.356 e. The monoisotopic (exact) mass is 429 g/mol. The number of hydrogen-bond donors (Lipinski definition) is 1. The predicted octanol–water partition coefficient (Wildman–Crippen LogP) is 3.45. The van der Waals surface area contributed by atoms with Crippen LogP contribution in [-0.2, 0) is 11.2 Å². The van der Waals surface area contributed by atoms with E-state index in [-0.39, 0.29) is 11.8 Å². The molecular weight excluding hydrogens is 406 g/mol. The molecule has 1 aliphatic rings. The Kier molecular flexibility index (Phi) is 6.98. The molecule has 0 aliphatic carbocycles. The van der Waals surface area contributed by atoms with Gasteiger partial charge in [0.1, 0.15) is 0 Å². The molecule has 27 heavy (non-hydrogen) atoms. The van der Waals surface area contributed by atoms with Crippen LogP contribution in [-0.4, -0.2) is 41.3 Å². The highest BCUT2D eigenvalue weighted by Crippen LogP contribution is 2.19. The number of aryl methyl sites for hydroxylation is 1. The first kappa shape index (κ1) is 19.5. The molecule has 2 heterocycles. The Morgan fingerprint density at radius 2 is 1.93 bits per heavy atom. The standard InChI is InChI=1S/C21H24BrN3O2/c22-19-6-2-1-4-17(19)7-8-20(26)24-14-16-9-12-25(13-10-16)21(27)18-5-3-11-23-15-18/h1-6,11,15-16H,7-10,12-14H2,(H,24,26). The van der Waals surface area contributed by atoms with E-state index >= 15 is 0 Å². The molecule has 0 bridgehead atoms. The third-order valence-corrected chi connectivity index (χ3v) is 5.75. The first-order valence-electron chi connectivity index (χ1n) is 9.33. The molecule has 3 rings (SSSR count). The van der Waals surface area contributed by atoms with E-state index in [1.165, 1.54) is 0 Å². The summed E-state index contributed by atoms with van der Waals surface area (Å²) in [6.45, 7) is 2.14. The molecule has 1 N–H and O–H groups in total. The fraction of sp³-hybridized carbons (Fsp3) is 0.381. The molecule has 2 aromatic rings. The highest BCUT2D eigenvalue weighted by Gasteiger charge is 2.23. The summed E-state index contributed by atoms with van der Waals surface area (Å²) in [7, 11) is 0. The van der Waals surface area contributed by atoms with E-state index < -0.39 is 0 Å². The van der Waals surface area contributed by atoms with Crippen LogP contribution in [0.1, 0.15) is 35.2 Å². The Balaban J connectivity index is 1.37. The van der Waals surface area contributed by atoms with Crippen LogP contribution in [0.3, 0.4) is 0 Å². The lowest BCUT2D eigenvalue weighted by atomic mass is 9.96.